The maximum Gasteiger partial charge on any atom is 0.226 e. The third-order valence-electron chi connectivity index (χ3n) is 5.22. The van der Waals surface area contributed by atoms with Crippen molar-refractivity contribution in [3.8, 4) is 5.75 Å². The van der Waals surface area contributed by atoms with Crippen molar-refractivity contribution in [3.05, 3.63) is 28.7 Å². The molecule has 1 spiro atoms. The van der Waals surface area contributed by atoms with Crippen LogP contribution in [0, 0.1) is 11.3 Å². The van der Waals surface area contributed by atoms with Gasteiger partial charge in [0.2, 0.25) is 5.91 Å². The number of rotatable bonds is 6. The number of amides is 1. The molecule has 1 aromatic carbocycles. The molecule has 1 atom stereocenters. The summed E-state index contributed by atoms with van der Waals surface area (Å²) < 4.78 is 6.79. The second kappa shape index (κ2) is 7.22. The van der Waals surface area contributed by atoms with E-state index in [-0.39, 0.29) is 5.92 Å². The van der Waals surface area contributed by atoms with Crippen LogP contribution in [0.5, 0.6) is 5.75 Å². The van der Waals surface area contributed by atoms with Crippen molar-refractivity contribution in [2.24, 2.45) is 11.3 Å². The topological polar surface area (TPSA) is 41.6 Å². The Kier molecular flexibility index (Phi) is 5.27. The highest BCUT2D eigenvalue weighted by atomic mass is 79.9. The summed E-state index contributed by atoms with van der Waals surface area (Å²) in [6.45, 7) is 6.13. The van der Waals surface area contributed by atoms with Gasteiger partial charge in [0, 0.05) is 16.9 Å². The highest BCUT2D eigenvalue weighted by Gasteiger charge is 2.58. The third-order valence-corrected chi connectivity index (χ3v) is 5.75. The number of hydrogen-bond donors (Lipinski definition) is 1. The van der Waals surface area contributed by atoms with Gasteiger partial charge in [-0.1, -0.05) is 15.9 Å². The summed E-state index contributed by atoms with van der Waals surface area (Å²) in [5.41, 5.74) is 0.308. The van der Waals surface area contributed by atoms with Crippen LogP contribution in [0.25, 0.3) is 0 Å². The largest absolute Gasteiger partial charge is 0.492 e. The number of benzene rings is 1. The zero-order valence-corrected chi connectivity index (χ0v) is 15.3. The van der Waals surface area contributed by atoms with Crippen LogP contribution in [0.3, 0.4) is 0 Å². The van der Waals surface area contributed by atoms with Crippen LogP contribution in [-0.2, 0) is 4.79 Å². The van der Waals surface area contributed by atoms with Crippen molar-refractivity contribution in [1.29, 1.82) is 0 Å². The Hall–Kier alpha value is -1.07. The zero-order valence-electron chi connectivity index (χ0n) is 13.7. The Morgan fingerprint density at radius 2 is 2.04 bits per heavy atom. The molecule has 1 heterocycles. The quantitative estimate of drug-likeness (QED) is 0.824. The predicted molar refractivity (Wildman–Crippen MR) is 94.5 cm³/mol. The molecule has 1 saturated carbocycles. The molecule has 1 N–H and O–H groups in total. The van der Waals surface area contributed by atoms with Crippen LogP contribution in [-0.4, -0.2) is 43.6 Å². The van der Waals surface area contributed by atoms with Gasteiger partial charge in [0.1, 0.15) is 12.4 Å². The normalized spacial score (nSPS) is 21.9. The van der Waals surface area contributed by atoms with Gasteiger partial charge in [-0.25, -0.2) is 0 Å². The smallest absolute Gasteiger partial charge is 0.226 e. The molecule has 1 amide bonds. The molecule has 1 aliphatic carbocycles. The van der Waals surface area contributed by atoms with E-state index in [4.69, 9.17) is 4.74 Å². The first-order valence-electron chi connectivity index (χ1n) is 8.52. The number of hydrogen-bond acceptors (Lipinski definition) is 3. The van der Waals surface area contributed by atoms with E-state index in [9.17, 15) is 4.79 Å². The van der Waals surface area contributed by atoms with Crippen molar-refractivity contribution >= 4 is 21.8 Å². The molecule has 2 aliphatic rings. The van der Waals surface area contributed by atoms with Crippen LogP contribution in [0.1, 0.15) is 26.2 Å². The Morgan fingerprint density at radius 3 is 2.70 bits per heavy atom. The molecule has 1 unspecified atom stereocenters. The molecule has 1 aliphatic heterocycles. The molecule has 126 valence electrons. The molecule has 4 nitrogen and oxygen atoms in total. The number of nitrogens with one attached hydrogen (secondary N) is 1. The number of ether oxygens (including phenoxy) is 1. The summed E-state index contributed by atoms with van der Waals surface area (Å²) >= 11 is 3.41. The van der Waals surface area contributed by atoms with Gasteiger partial charge in [-0.05, 0) is 69.0 Å². The van der Waals surface area contributed by atoms with Crippen LogP contribution >= 0.6 is 15.9 Å². The second-order valence-corrected chi connectivity index (χ2v) is 7.51. The van der Waals surface area contributed by atoms with Gasteiger partial charge in [-0.3, -0.25) is 4.79 Å². The van der Waals surface area contributed by atoms with E-state index >= 15 is 0 Å². The van der Waals surface area contributed by atoms with Crippen LogP contribution in [0.4, 0.5) is 0 Å². The number of carbonyl (C=O) groups excluding carboxylic acids is 1. The summed E-state index contributed by atoms with van der Waals surface area (Å²) in [6.07, 6.45) is 3.38. The summed E-state index contributed by atoms with van der Waals surface area (Å²) in [4.78, 5) is 14.7. The van der Waals surface area contributed by atoms with Gasteiger partial charge < -0.3 is 15.0 Å². The molecule has 3 rings (SSSR count). The Bertz CT molecular complexity index is 540. The zero-order chi connectivity index (χ0) is 16.3. The lowest BCUT2D eigenvalue weighted by Crippen LogP contribution is -2.38. The maximum atomic E-state index is 12.7. The highest BCUT2D eigenvalue weighted by molar-refractivity contribution is 9.10. The summed E-state index contributed by atoms with van der Waals surface area (Å²) in [6, 6.07) is 7.80. The van der Waals surface area contributed by atoms with Gasteiger partial charge in [-0.15, -0.1) is 0 Å². The predicted octanol–water partition coefficient (Wildman–Crippen LogP) is 3.07. The molecule has 1 aromatic rings. The molecule has 23 heavy (non-hydrogen) atoms. The van der Waals surface area contributed by atoms with Crippen LogP contribution in [0.15, 0.2) is 28.7 Å². The minimum atomic E-state index is 0.247. The molecule has 0 bridgehead atoms. The summed E-state index contributed by atoms with van der Waals surface area (Å²) in [5.74, 6) is 1.42. The number of piperidine rings is 1. The minimum absolute atomic E-state index is 0.247. The van der Waals surface area contributed by atoms with Crippen molar-refractivity contribution in [2.45, 2.75) is 26.2 Å². The van der Waals surface area contributed by atoms with Crippen molar-refractivity contribution in [2.75, 3.05) is 32.8 Å². The van der Waals surface area contributed by atoms with Crippen LogP contribution < -0.4 is 10.1 Å². The van der Waals surface area contributed by atoms with Gasteiger partial charge >= 0.3 is 0 Å². The lowest BCUT2D eigenvalue weighted by Gasteiger charge is -2.26. The van der Waals surface area contributed by atoms with E-state index in [0.29, 0.717) is 24.5 Å². The molecule has 0 radical (unpaired) electrons. The first-order valence-corrected chi connectivity index (χ1v) is 9.32. The first-order chi connectivity index (χ1) is 11.1. The molecular formula is C18H25BrN2O2. The Balaban J connectivity index is 1.48. The maximum absolute atomic E-state index is 12.7. The van der Waals surface area contributed by atoms with Gasteiger partial charge in [-0.2, -0.15) is 0 Å². The molecule has 2 fully saturated rings. The second-order valence-electron chi connectivity index (χ2n) is 6.59. The van der Waals surface area contributed by atoms with E-state index in [2.05, 4.69) is 28.2 Å². The minimum Gasteiger partial charge on any atom is -0.492 e. The lowest BCUT2D eigenvalue weighted by molar-refractivity contribution is -0.133. The van der Waals surface area contributed by atoms with Gasteiger partial charge in [0.25, 0.3) is 0 Å². The third kappa shape index (κ3) is 3.89. The van der Waals surface area contributed by atoms with Crippen molar-refractivity contribution < 1.29 is 9.53 Å². The fourth-order valence-corrected chi connectivity index (χ4v) is 3.89. The van der Waals surface area contributed by atoms with E-state index in [0.717, 1.165) is 49.1 Å². The van der Waals surface area contributed by atoms with E-state index < -0.39 is 0 Å². The summed E-state index contributed by atoms with van der Waals surface area (Å²) in [5, 5.41) is 3.39. The SMILES string of the molecule is CCN(CCOc1ccc(Br)cc1)C(=O)C1CC12CCNCC2. The van der Waals surface area contributed by atoms with E-state index in [1.54, 1.807) is 0 Å². The summed E-state index contributed by atoms with van der Waals surface area (Å²) in [7, 11) is 0. The number of nitrogens with zero attached hydrogens (tertiary/aromatic N) is 1. The average Bonchev–Trinajstić information content (AvgIpc) is 3.26. The van der Waals surface area contributed by atoms with E-state index in [1.807, 2.05) is 29.2 Å². The molecule has 1 saturated heterocycles. The van der Waals surface area contributed by atoms with Crippen molar-refractivity contribution in [1.82, 2.24) is 10.2 Å². The molecule has 0 aromatic heterocycles. The highest BCUT2D eigenvalue weighted by Crippen LogP contribution is 2.59. The fraction of sp³-hybridized carbons (Fsp3) is 0.611. The Labute approximate surface area is 146 Å². The average molecular weight is 381 g/mol. The molecule has 5 heteroatoms. The first kappa shape index (κ1) is 16.8. The van der Waals surface area contributed by atoms with Gasteiger partial charge in [0.15, 0.2) is 0 Å². The standard InChI is InChI=1S/C18H25BrN2O2/c1-2-21(11-12-23-15-5-3-14(19)4-6-15)17(22)16-13-18(16)7-9-20-10-8-18/h3-6,16,20H,2,7-13H2,1H3. The van der Waals surface area contributed by atoms with E-state index in [1.165, 1.54) is 0 Å². The monoisotopic (exact) mass is 380 g/mol. The number of halogens is 1. The van der Waals surface area contributed by atoms with Crippen LogP contribution in [0.2, 0.25) is 0 Å². The Morgan fingerprint density at radius 1 is 1.35 bits per heavy atom. The lowest BCUT2D eigenvalue weighted by atomic mass is 9.91. The molecular weight excluding hydrogens is 356 g/mol. The van der Waals surface area contributed by atoms with Crippen molar-refractivity contribution in [3.63, 3.8) is 0 Å². The fourth-order valence-electron chi connectivity index (χ4n) is 3.62. The van der Waals surface area contributed by atoms with Gasteiger partial charge in [0.05, 0.1) is 6.54 Å². The number of carbonyl (C=O) groups is 1. The number of likely N-dealkylation sites (N-methyl/N-ethyl adjacent to an activating group) is 1.